The predicted octanol–water partition coefficient (Wildman–Crippen LogP) is 3.86. The first-order chi connectivity index (χ1) is 16.4. The van der Waals surface area contributed by atoms with Gasteiger partial charge in [-0.05, 0) is 49.9 Å². The Balaban J connectivity index is 1.48. The molecule has 34 heavy (non-hydrogen) atoms. The number of oxime groups is 1. The molecule has 1 aliphatic rings. The fraction of sp³-hybridized carbons (Fsp3) is 0.304. The second-order valence-corrected chi connectivity index (χ2v) is 11.0. The summed E-state index contributed by atoms with van der Waals surface area (Å²) in [5.41, 5.74) is 0.520. The highest BCUT2D eigenvalue weighted by molar-refractivity contribution is 7.90. The molecule has 3 aromatic rings. The monoisotopic (exact) mass is 499 g/mol. The van der Waals surface area contributed by atoms with E-state index >= 15 is 0 Å². The van der Waals surface area contributed by atoms with Crippen LogP contribution < -0.4 is 10.6 Å². The fourth-order valence-corrected chi connectivity index (χ4v) is 4.83. The van der Waals surface area contributed by atoms with E-state index in [0.717, 1.165) is 42.6 Å². The Morgan fingerprint density at radius 3 is 2.59 bits per heavy atom. The third-order valence-corrected chi connectivity index (χ3v) is 7.29. The van der Waals surface area contributed by atoms with Gasteiger partial charge in [-0.15, -0.1) is 0 Å². The minimum atomic E-state index is -3.35. The van der Waals surface area contributed by atoms with Crippen molar-refractivity contribution >= 4 is 43.7 Å². The van der Waals surface area contributed by atoms with Gasteiger partial charge in [0.15, 0.2) is 20.7 Å². The SMILES string of the molecule is CS(=O)(=O)c1ccc(/C(=N\OC2CCCC2)C(=O)Nc2ncc(CNc3ccccn3)s2)cc1. The summed E-state index contributed by atoms with van der Waals surface area (Å²) in [4.78, 5) is 28.3. The van der Waals surface area contributed by atoms with E-state index in [2.05, 4.69) is 25.8 Å². The van der Waals surface area contributed by atoms with Gasteiger partial charge in [-0.1, -0.05) is 34.7 Å². The Kier molecular flexibility index (Phi) is 7.53. The lowest BCUT2D eigenvalue weighted by atomic mass is 10.1. The number of nitrogens with one attached hydrogen (secondary N) is 2. The van der Waals surface area contributed by atoms with Crippen molar-refractivity contribution in [1.82, 2.24) is 9.97 Å². The molecule has 2 heterocycles. The number of pyridine rings is 1. The molecule has 4 rings (SSSR count). The summed E-state index contributed by atoms with van der Waals surface area (Å²) in [5.74, 6) is 0.265. The molecular formula is C23H25N5O4S2. The number of sulfone groups is 1. The first kappa shape index (κ1) is 23.8. The highest BCUT2D eigenvalue weighted by Crippen LogP contribution is 2.23. The van der Waals surface area contributed by atoms with E-state index in [9.17, 15) is 13.2 Å². The van der Waals surface area contributed by atoms with Crippen molar-refractivity contribution in [3.8, 4) is 0 Å². The molecule has 9 nitrogen and oxygen atoms in total. The van der Waals surface area contributed by atoms with Crippen molar-refractivity contribution < 1.29 is 18.0 Å². The number of thiazole rings is 1. The van der Waals surface area contributed by atoms with Crippen LogP contribution in [0.15, 0.2) is 64.9 Å². The average Bonchev–Trinajstić information content (AvgIpc) is 3.50. The summed E-state index contributed by atoms with van der Waals surface area (Å²) in [6, 6.07) is 11.6. The lowest BCUT2D eigenvalue weighted by Crippen LogP contribution is -2.25. The van der Waals surface area contributed by atoms with Gasteiger partial charge in [-0.25, -0.2) is 18.4 Å². The van der Waals surface area contributed by atoms with Gasteiger partial charge in [0.1, 0.15) is 11.9 Å². The van der Waals surface area contributed by atoms with E-state index in [1.54, 1.807) is 24.5 Å². The second-order valence-electron chi connectivity index (χ2n) is 7.90. The van der Waals surface area contributed by atoms with E-state index < -0.39 is 15.7 Å². The van der Waals surface area contributed by atoms with E-state index in [1.165, 1.54) is 23.5 Å². The van der Waals surface area contributed by atoms with Crippen LogP contribution in [0.3, 0.4) is 0 Å². The van der Waals surface area contributed by atoms with Crippen molar-refractivity contribution in [1.29, 1.82) is 0 Å². The summed E-state index contributed by atoms with van der Waals surface area (Å²) >= 11 is 1.33. The molecule has 1 aromatic carbocycles. The lowest BCUT2D eigenvalue weighted by Gasteiger charge is -2.10. The maximum Gasteiger partial charge on any atom is 0.280 e. The topological polar surface area (TPSA) is 123 Å². The van der Waals surface area contributed by atoms with Crippen LogP contribution in [0.2, 0.25) is 0 Å². The number of carbonyl (C=O) groups excluding carboxylic acids is 1. The van der Waals surface area contributed by atoms with Gasteiger partial charge in [-0.3, -0.25) is 10.1 Å². The number of carbonyl (C=O) groups is 1. The number of amides is 1. The minimum absolute atomic E-state index is 0.0257. The van der Waals surface area contributed by atoms with Crippen molar-refractivity contribution in [3.63, 3.8) is 0 Å². The molecule has 0 bridgehead atoms. The Bertz CT molecular complexity index is 1250. The zero-order valence-corrected chi connectivity index (χ0v) is 20.2. The molecule has 0 saturated heterocycles. The van der Waals surface area contributed by atoms with Gasteiger partial charge < -0.3 is 10.2 Å². The lowest BCUT2D eigenvalue weighted by molar-refractivity contribution is -0.110. The Hall–Kier alpha value is -3.31. The Morgan fingerprint density at radius 2 is 1.91 bits per heavy atom. The van der Waals surface area contributed by atoms with Crippen LogP contribution in [0.5, 0.6) is 0 Å². The number of nitrogens with zero attached hydrogens (tertiary/aromatic N) is 3. The molecule has 1 aliphatic carbocycles. The summed E-state index contributed by atoms with van der Waals surface area (Å²) in [6.07, 6.45) is 8.42. The van der Waals surface area contributed by atoms with E-state index in [0.29, 0.717) is 17.2 Å². The van der Waals surface area contributed by atoms with E-state index in [4.69, 9.17) is 4.84 Å². The van der Waals surface area contributed by atoms with Gasteiger partial charge in [0.2, 0.25) is 0 Å². The number of hydrogen-bond donors (Lipinski definition) is 2. The molecule has 0 atom stereocenters. The smallest absolute Gasteiger partial charge is 0.280 e. The first-order valence-electron chi connectivity index (χ1n) is 10.8. The normalized spacial score (nSPS) is 14.7. The van der Waals surface area contributed by atoms with Crippen molar-refractivity contribution in [3.05, 3.63) is 65.3 Å². The maximum atomic E-state index is 13.1. The highest BCUT2D eigenvalue weighted by atomic mass is 32.2. The fourth-order valence-electron chi connectivity index (χ4n) is 3.45. The van der Waals surface area contributed by atoms with Crippen LogP contribution in [-0.4, -0.2) is 42.4 Å². The number of aromatic nitrogens is 2. The van der Waals surface area contributed by atoms with E-state index in [1.807, 2.05) is 18.2 Å². The molecule has 2 aromatic heterocycles. The Labute approximate surface area is 202 Å². The van der Waals surface area contributed by atoms with Crippen LogP contribution in [0.1, 0.15) is 36.1 Å². The van der Waals surface area contributed by atoms with Gasteiger partial charge >= 0.3 is 0 Å². The largest absolute Gasteiger partial charge is 0.392 e. The standard InChI is InChI=1S/C23H25N5O4S2/c1-34(30,31)19-11-9-16(10-12-19)21(28-32-17-6-2-3-7-17)22(29)27-23-26-15-18(33-23)14-25-20-8-4-5-13-24-20/h4-5,8-13,15,17H,2-3,6-7,14H2,1H3,(H,24,25)(H,26,27,29)/b28-21+. The van der Waals surface area contributed by atoms with Crippen LogP contribution in [-0.2, 0) is 26.0 Å². The average molecular weight is 500 g/mol. The third-order valence-electron chi connectivity index (χ3n) is 5.25. The van der Waals surface area contributed by atoms with Gasteiger partial charge in [0.05, 0.1) is 11.4 Å². The second kappa shape index (κ2) is 10.7. The summed E-state index contributed by atoms with van der Waals surface area (Å²) in [5, 5.41) is 10.6. The predicted molar refractivity (Wildman–Crippen MR) is 132 cm³/mol. The highest BCUT2D eigenvalue weighted by Gasteiger charge is 2.21. The van der Waals surface area contributed by atoms with Gasteiger partial charge in [-0.2, -0.15) is 0 Å². The van der Waals surface area contributed by atoms with Gasteiger partial charge in [0, 0.05) is 29.1 Å². The number of hydrogen-bond acceptors (Lipinski definition) is 9. The summed E-state index contributed by atoms with van der Waals surface area (Å²) in [6.45, 7) is 0.517. The zero-order valence-electron chi connectivity index (χ0n) is 18.6. The van der Waals surface area contributed by atoms with Crippen molar-refractivity contribution in [2.75, 3.05) is 16.9 Å². The molecule has 1 fully saturated rings. The number of benzene rings is 1. The van der Waals surface area contributed by atoms with Crippen LogP contribution in [0.4, 0.5) is 10.9 Å². The number of rotatable bonds is 9. The summed E-state index contributed by atoms with van der Waals surface area (Å²) < 4.78 is 23.6. The molecule has 11 heteroatoms. The third kappa shape index (κ3) is 6.39. The zero-order chi connectivity index (χ0) is 24.0. The molecule has 0 spiro atoms. The maximum absolute atomic E-state index is 13.1. The molecule has 0 unspecified atom stereocenters. The molecule has 1 amide bonds. The molecule has 0 radical (unpaired) electrons. The molecule has 0 aliphatic heterocycles. The molecule has 1 saturated carbocycles. The number of anilines is 2. The molecular weight excluding hydrogens is 474 g/mol. The van der Waals surface area contributed by atoms with Gasteiger partial charge in [0.25, 0.3) is 5.91 Å². The van der Waals surface area contributed by atoms with Crippen molar-refractivity contribution in [2.45, 2.75) is 43.2 Å². The summed E-state index contributed by atoms with van der Waals surface area (Å²) in [7, 11) is -3.35. The van der Waals surface area contributed by atoms with Crippen LogP contribution >= 0.6 is 11.3 Å². The van der Waals surface area contributed by atoms with Crippen LogP contribution in [0.25, 0.3) is 0 Å². The van der Waals surface area contributed by atoms with Crippen molar-refractivity contribution in [2.24, 2.45) is 5.16 Å². The Morgan fingerprint density at radius 1 is 1.15 bits per heavy atom. The molecule has 178 valence electrons. The van der Waals surface area contributed by atoms with E-state index in [-0.39, 0.29) is 16.7 Å². The molecule has 2 N–H and O–H groups in total. The van der Waals surface area contributed by atoms with Crippen LogP contribution in [0, 0.1) is 0 Å². The minimum Gasteiger partial charge on any atom is -0.392 e. The first-order valence-corrected chi connectivity index (χ1v) is 13.5. The quantitative estimate of drug-likeness (QED) is 0.339.